The zero-order valence-electron chi connectivity index (χ0n) is 12.4. The fraction of sp³-hybridized carbons (Fsp3) is 0.600. The van der Waals surface area contributed by atoms with Gasteiger partial charge in [0.05, 0.1) is 4.90 Å². The third-order valence-corrected chi connectivity index (χ3v) is 5.44. The minimum atomic E-state index is -3.34. The summed E-state index contributed by atoms with van der Waals surface area (Å²) in [6.45, 7) is 4.62. The molecule has 1 atom stereocenters. The second kappa shape index (κ2) is 5.74. The molecule has 1 saturated carbocycles. The van der Waals surface area contributed by atoms with Crippen molar-refractivity contribution in [2.75, 3.05) is 12.4 Å². The Morgan fingerprint density at radius 1 is 1.20 bits per heavy atom. The highest BCUT2D eigenvalue weighted by Gasteiger charge is 2.27. The Kier molecular flexibility index (Phi) is 4.39. The molecule has 4 nitrogen and oxygen atoms in total. The van der Waals surface area contributed by atoms with Crippen LogP contribution in [-0.4, -0.2) is 21.5 Å². The van der Waals surface area contributed by atoms with Crippen molar-refractivity contribution < 1.29 is 8.42 Å². The molecule has 1 aliphatic carbocycles. The Hall–Kier alpha value is -1.07. The first-order chi connectivity index (χ1) is 9.32. The summed E-state index contributed by atoms with van der Waals surface area (Å²) >= 11 is 0. The molecule has 2 rings (SSSR count). The Morgan fingerprint density at radius 2 is 1.85 bits per heavy atom. The maximum absolute atomic E-state index is 11.7. The van der Waals surface area contributed by atoms with Gasteiger partial charge in [0.15, 0.2) is 0 Å². The summed E-state index contributed by atoms with van der Waals surface area (Å²) in [5, 5.41) is 3.52. The van der Waals surface area contributed by atoms with E-state index in [1.807, 2.05) is 12.1 Å². The largest absolute Gasteiger partial charge is 0.382 e. The number of hydrogen-bond acceptors (Lipinski definition) is 3. The molecule has 2 N–H and O–H groups in total. The lowest BCUT2D eigenvalue weighted by molar-refractivity contribution is 0.229. The Balaban J connectivity index is 2.04. The molecule has 0 heterocycles. The van der Waals surface area contributed by atoms with Crippen LogP contribution in [0.4, 0.5) is 5.69 Å². The topological polar surface area (TPSA) is 58.2 Å². The van der Waals surface area contributed by atoms with Gasteiger partial charge in [0.2, 0.25) is 10.0 Å². The minimum absolute atomic E-state index is 0.300. The standard InChI is InChI=1S/C15H24N2O2S/c1-15(2)10-4-5-13(11-15)17-12-6-8-14(9-7-12)20(18,19)16-3/h6-9,13,16-17H,4-5,10-11H2,1-3H3. The molecule has 20 heavy (non-hydrogen) atoms. The molecule has 0 aliphatic heterocycles. The molecule has 0 radical (unpaired) electrons. The summed E-state index contributed by atoms with van der Waals surface area (Å²) in [7, 11) is -1.92. The molecule has 0 aromatic heterocycles. The van der Waals surface area contributed by atoms with Gasteiger partial charge in [0.1, 0.15) is 0 Å². The summed E-state index contributed by atoms with van der Waals surface area (Å²) in [6, 6.07) is 7.44. The summed E-state index contributed by atoms with van der Waals surface area (Å²) in [4.78, 5) is 0.300. The van der Waals surface area contributed by atoms with Crippen molar-refractivity contribution in [2.45, 2.75) is 50.5 Å². The van der Waals surface area contributed by atoms with Crippen LogP contribution in [0, 0.1) is 5.41 Å². The van der Waals surface area contributed by atoms with E-state index in [2.05, 4.69) is 23.9 Å². The van der Waals surface area contributed by atoms with Crippen molar-refractivity contribution in [3.8, 4) is 0 Å². The molecular formula is C15H24N2O2S. The molecule has 112 valence electrons. The van der Waals surface area contributed by atoms with E-state index in [-0.39, 0.29) is 0 Å². The molecule has 0 bridgehead atoms. The molecule has 1 fully saturated rings. The van der Waals surface area contributed by atoms with Crippen molar-refractivity contribution in [3.63, 3.8) is 0 Å². The fourth-order valence-corrected chi connectivity index (χ4v) is 3.64. The third-order valence-electron chi connectivity index (χ3n) is 4.01. The maximum atomic E-state index is 11.7. The molecule has 1 aliphatic rings. The quantitative estimate of drug-likeness (QED) is 0.898. The predicted molar refractivity (Wildman–Crippen MR) is 82.3 cm³/mol. The van der Waals surface area contributed by atoms with E-state index < -0.39 is 10.0 Å². The first kappa shape index (κ1) is 15.3. The van der Waals surface area contributed by atoms with Crippen molar-refractivity contribution in [1.29, 1.82) is 0 Å². The molecule has 1 unspecified atom stereocenters. The summed E-state index contributed by atoms with van der Waals surface area (Å²) in [5.74, 6) is 0. The molecule has 5 heteroatoms. The molecule has 0 amide bonds. The number of rotatable bonds is 4. The van der Waals surface area contributed by atoms with Gasteiger partial charge in [0.25, 0.3) is 0 Å². The first-order valence-electron chi connectivity index (χ1n) is 7.13. The first-order valence-corrected chi connectivity index (χ1v) is 8.61. The van der Waals surface area contributed by atoms with E-state index in [9.17, 15) is 8.42 Å². The van der Waals surface area contributed by atoms with Gasteiger partial charge in [0, 0.05) is 11.7 Å². The van der Waals surface area contributed by atoms with Gasteiger partial charge in [-0.2, -0.15) is 0 Å². The lowest BCUT2D eigenvalue weighted by Gasteiger charge is -2.36. The van der Waals surface area contributed by atoms with E-state index >= 15 is 0 Å². The summed E-state index contributed by atoms with van der Waals surface area (Å²) < 4.78 is 25.6. The van der Waals surface area contributed by atoms with Gasteiger partial charge < -0.3 is 5.32 Å². The number of nitrogens with one attached hydrogen (secondary N) is 2. The van der Waals surface area contributed by atoms with Crippen molar-refractivity contribution >= 4 is 15.7 Å². The van der Waals surface area contributed by atoms with Crippen LogP contribution in [0.15, 0.2) is 29.2 Å². The highest BCUT2D eigenvalue weighted by molar-refractivity contribution is 7.89. The van der Waals surface area contributed by atoms with Crippen molar-refractivity contribution in [3.05, 3.63) is 24.3 Å². The second-order valence-corrected chi connectivity index (χ2v) is 8.22. The number of anilines is 1. The highest BCUT2D eigenvalue weighted by Crippen LogP contribution is 2.36. The SMILES string of the molecule is CNS(=O)(=O)c1ccc(NC2CCCC(C)(C)C2)cc1. The van der Waals surface area contributed by atoms with Crippen LogP contribution in [-0.2, 0) is 10.0 Å². The van der Waals surface area contributed by atoms with Gasteiger partial charge in [-0.25, -0.2) is 13.1 Å². The third kappa shape index (κ3) is 3.73. The second-order valence-electron chi connectivity index (χ2n) is 6.33. The number of hydrogen-bond donors (Lipinski definition) is 2. The van der Waals surface area contributed by atoms with Gasteiger partial charge in [-0.3, -0.25) is 0 Å². The van der Waals surface area contributed by atoms with Gasteiger partial charge >= 0.3 is 0 Å². The minimum Gasteiger partial charge on any atom is -0.382 e. The monoisotopic (exact) mass is 296 g/mol. The zero-order chi connectivity index (χ0) is 14.8. The van der Waals surface area contributed by atoms with Gasteiger partial charge in [-0.05, 0) is 56.0 Å². The average molecular weight is 296 g/mol. The summed E-state index contributed by atoms with van der Waals surface area (Å²) in [5.41, 5.74) is 1.38. The lowest BCUT2D eigenvalue weighted by atomic mass is 9.75. The Bertz CT molecular complexity index is 550. The average Bonchev–Trinajstić information content (AvgIpc) is 2.38. The lowest BCUT2D eigenvalue weighted by Crippen LogP contribution is -2.31. The van der Waals surface area contributed by atoms with Crippen LogP contribution in [0.5, 0.6) is 0 Å². The van der Waals surface area contributed by atoms with Gasteiger partial charge in [-0.1, -0.05) is 20.3 Å². The van der Waals surface area contributed by atoms with E-state index in [0.717, 1.165) is 12.1 Å². The highest BCUT2D eigenvalue weighted by atomic mass is 32.2. The molecular weight excluding hydrogens is 272 g/mol. The van der Waals surface area contributed by atoms with Crippen LogP contribution in [0.3, 0.4) is 0 Å². The molecule has 1 aromatic carbocycles. The molecule has 1 aromatic rings. The number of sulfonamides is 1. The zero-order valence-corrected chi connectivity index (χ0v) is 13.3. The maximum Gasteiger partial charge on any atom is 0.240 e. The van der Waals surface area contributed by atoms with Crippen LogP contribution in [0.1, 0.15) is 39.5 Å². The van der Waals surface area contributed by atoms with Crippen LogP contribution in [0.2, 0.25) is 0 Å². The van der Waals surface area contributed by atoms with E-state index in [0.29, 0.717) is 16.4 Å². The number of benzene rings is 1. The Labute approximate surface area is 122 Å². The van der Waals surface area contributed by atoms with Crippen LogP contribution >= 0.6 is 0 Å². The van der Waals surface area contributed by atoms with Crippen LogP contribution < -0.4 is 10.0 Å². The Morgan fingerprint density at radius 3 is 2.40 bits per heavy atom. The molecule has 0 saturated heterocycles. The normalized spacial score (nSPS) is 22.4. The van der Waals surface area contributed by atoms with E-state index in [4.69, 9.17) is 0 Å². The smallest absolute Gasteiger partial charge is 0.240 e. The summed E-state index contributed by atoms with van der Waals surface area (Å²) in [6.07, 6.45) is 4.87. The van der Waals surface area contributed by atoms with E-state index in [1.54, 1.807) is 12.1 Å². The predicted octanol–water partition coefficient (Wildman–Crippen LogP) is 2.98. The van der Waals surface area contributed by atoms with Crippen molar-refractivity contribution in [2.24, 2.45) is 5.41 Å². The van der Waals surface area contributed by atoms with Crippen LogP contribution in [0.25, 0.3) is 0 Å². The van der Waals surface area contributed by atoms with Gasteiger partial charge in [-0.15, -0.1) is 0 Å². The fourth-order valence-electron chi connectivity index (χ4n) is 2.91. The van der Waals surface area contributed by atoms with Crippen molar-refractivity contribution in [1.82, 2.24) is 4.72 Å². The van der Waals surface area contributed by atoms with E-state index in [1.165, 1.54) is 26.3 Å². The molecule has 0 spiro atoms.